The van der Waals surface area contributed by atoms with Crippen LogP contribution < -0.4 is 0 Å². The molecule has 0 bridgehead atoms. The molecular weight excluding hydrogens is 341 g/mol. The van der Waals surface area contributed by atoms with Gasteiger partial charge in [0.25, 0.3) is 0 Å². The molecule has 1 fully saturated rings. The summed E-state index contributed by atoms with van der Waals surface area (Å²) < 4.78 is 6.36. The molecule has 1 aliphatic heterocycles. The summed E-state index contributed by atoms with van der Waals surface area (Å²) >= 11 is 6.04. The van der Waals surface area contributed by atoms with E-state index in [4.69, 9.17) is 16.3 Å². The van der Waals surface area contributed by atoms with E-state index in [9.17, 15) is 5.11 Å². The van der Waals surface area contributed by atoms with Gasteiger partial charge in [0, 0.05) is 24.4 Å². The van der Waals surface area contributed by atoms with Gasteiger partial charge in [0.1, 0.15) is 5.60 Å². The summed E-state index contributed by atoms with van der Waals surface area (Å²) in [5.74, 6) is 0. The van der Waals surface area contributed by atoms with Crippen molar-refractivity contribution in [3.05, 3.63) is 70.7 Å². The van der Waals surface area contributed by atoms with Crippen LogP contribution in [0.3, 0.4) is 0 Å². The highest BCUT2D eigenvalue weighted by atomic mass is 35.5. The second kappa shape index (κ2) is 7.95. The fraction of sp³-hybridized carbons (Fsp3) is 0.368. The van der Waals surface area contributed by atoms with Crippen LogP contribution in [0.4, 0.5) is 0 Å². The Labute approximate surface area is 150 Å². The highest BCUT2D eigenvalue weighted by Crippen LogP contribution is 2.38. The molecule has 24 heavy (non-hydrogen) atoms. The van der Waals surface area contributed by atoms with Crippen LogP contribution in [-0.2, 0) is 16.9 Å². The lowest BCUT2D eigenvalue weighted by molar-refractivity contribution is -0.168. The van der Waals surface area contributed by atoms with Gasteiger partial charge in [0.05, 0.1) is 12.7 Å². The Morgan fingerprint density at radius 2 is 1.88 bits per heavy atom. The van der Waals surface area contributed by atoms with E-state index in [1.54, 1.807) is 0 Å². The van der Waals surface area contributed by atoms with E-state index >= 15 is 0 Å². The number of aliphatic hydroxyl groups is 1. The monoisotopic (exact) mass is 363 g/mol. The Hall–Kier alpha value is -0.960. The van der Waals surface area contributed by atoms with Gasteiger partial charge >= 0.3 is 0 Å². The number of piperidine rings is 1. The van der Waals surface area contributed by atoms with Gasteiger partial charge in [-0.3, -0.25) is 4.90 Å². The molecule has 1 N–H and O–H groups in total. The Balaban J connectivity index is 1.87. The number of benzene rings is 2. The van der Waals surface area contributed by atoms with Gasteiger partial charge in [-0.15, -0.1) is 9.24 Å². The van der Waals surface area contributed by atoms with Crippen LogP contribution >= 0.6 is 20.8 Å². The van der Waals surface area contributed by atoms with Crippen molar-refractivity contribution in [2.45, 2.75) is 24.7 Å². The minimum atomic E-state index is -0.698. The standard InChI is InChI=1S/C19H23ClNO2P/c20-17-8-6-16(7-9-17)19(10-11-21(14-24)12-18(19)22)23-13-15-4-2-1-3-5-15/h1-9,18,22H,10-14,24H2. The van der Waals surface area contributed by atoms with E-state index in [1.165, 1.54) is 0 Å². The van der Waals surface area contributed by atoms with Gasteiger partial charge in [0.2, 0.25) is 0 Å². The molecule has 0 radical (unpaired) electrons. The molecule has 2 aromatic carbocycles. The smallest absolute Gasteiger partial charge is 0.122 e. The van der Waals surface area contributed by atoms with Gasteiger partial charge in [-0.2, -0.15) is 0 Å². The number of halogens is 1. The first-order valence-electron chi connectivity index (χ1n) is 8.18. The minimum absolute atomic E-state index is 0.474. The third-order valence-corrected chi connectivity index (χ3v) is 5.47. The summed E-state index contributed by atoms with van der Waals surface area (Å²) in [5, 5.41) is 11.6. The molecule has 3 nitrogen and oxygen atoms in total. The molecule has 1 saturated heterocycles. The number of aliphatic hydroxyl groups excluding tert-OH is 1. The summed E-state index contributed by atoms with van der Waals surface area (Å²) in [6.45, 7) is 1.96. The summed E-state index contributed by atoms with van der Waals surface area (Å²) in [6, 6.07) is 17.7. The van der Waals surface area contributed by atoms with Crippen molar-refractivity contribution in [1.29, 1.82) is 0 Å². The molecule has 2 aromatic rings. The molecule has 1 aliphatic rings. The summed E-state index contributed by atoms with van der Waals surface area (Å²) in [4.78, 5) is 2.22. The van der Waals surface area contributed by atoms with Gasteiger partial charge in [0.15, 0.2) is 0 Å². The first kappa shape index (κ1) is 17.8. The van der Waals surface area contributed by atoms with E-state index in [0.29, 0.717) is 18.2 Å². The van der Waals surface area contributed by atoms with Gasteiger partial charge < -0.3 is 9.84 Å². The summed E-state index contributed by atoms with van der Waals surface area (Å²) in [6.07, 6.45) is 1.01. The molecule has 5 heteroatoms. The van der Waals surface area contributed by atoms with E-state index in [1.807, 2.05) is 54.6 Å². The Morgan fingerprint density at radius 3 is 2.50 bits per heavy atom. The SMILES string of the molecule is OC1CN(CP)CCC1(OCc1ccccc1)c1ccc(Cl)cc1. The second-order valence-electron chi connectivity index (χ2n) is 6.20. The molecule has 1 heterocycles. The average Bonchev–Trinajstić information content (AvgIpc) is 2.62. The molecule has 0 aliphatic carbocycles. The number of nitrogens with zero attached hydrogens (tertiary/aromatic N) is 1. The zero-order chi connectivity index (χ0) is 17.0. The second-order valence-corrected chi connectivity index (χ2v) is 7.00. The molecule has 3 atom stereocenters. The van der Waals surface area contributed by atoms with Gasteiger partial charge in [-0.1, -0.05) is 54.1 Å². The zero-order valence-electron chi connectivity index (χ0n) is 13.6. The lowest BCUT2D eigenvalue weighted by Crippen LogP contribution is -2.54. The lowest BCUT2D eigenvalue weighted by atomic mass is 9.82. The number of likely N-dealkylation sites (tertiary alicyclic amines) is 1. The van der Waals surface area contributed by atoms with Gasteiger partial charge in [-0.25, -0.2) is 0 Å². The van der Waals surface area contributed by atoms with Crippen LogP contribution in [0, 0.1) is 0 Å². The minimum Gasteiger partial charge on any atom is -0.388 e. The Kier molecular flexibility index (Phi) is 5.91. The van der Waals surface area contributed by atoms with Crippen molar-refractivity contribution in [2.24, 2.45) is 0 Å². The number of hydrogen-bond donors (Lipinski definition) is 1. The molecular formula is C19H23ClNO2P. The highest BCUT2D eigenvalue weighted by Gasteiger charge is 2.44. The van der Waals surface area contributed by atoms with E-state index < -0.39 is 11.7 Å². The van der Waals surface area contributed by atoms with E-state index in [-0.39, 0.29) is 0 Å². The van der Waals surface area contributed by atoms with Crippen LogP contribution in [-0.4, -0.2) is 35.5 Å². The third-order valence-electron chi connectivity index (χ3n) is 4.70. The average molecular weight is 364 g/mol. The number of ether oxygens (including phenoxy) is 1. The lowest BCUT2D eigenvalue weighted by Gasteiger charge is -2.45. The molecule has 0 aromatic heterocycles. The first-order valence-corrected chi connectivity index (χ1v) is 9.38. The first-order chi connectivity index (χ1) is 11.6. The van der Waals surface area contributed by atoms with Crippen LogP contribution in [0.15, 0.2) is 54.6 Å². The number of rotatable bonds is 5. The number of hydrogen-bond acceptors (Lipinski definition) is 3. The zero-order valence-corrected chi connectivity index (χ0v) is 15.5. The van der Waals surface area contributed by atoms with Crippen molar-refractivity contribution < 1.29 is 9.84 Å². The van der Waals surface area contributed by atoms with Crippen molar-refractivity contribution in [3.8, 4) is 0 Å². The maximum absolute atomic E-state index is 10.9. The van der Waals surface area contributed by atoms with E-state index in [0.717, 1.165) is 30.4 Å². The molecule has 3 unspecified atom stereocenters. The predicted octanol–water partition coefficient (Wildman–Crippen LogP) is 3.65. The molecule has 128 valence electrons. The van der Waals surface area contributed by atoms with Crippen molar-refractivity contribution in [3.63, 3.8) is 0 Å². The predicted molar refractivity (Wildman–Crippen MR) is 101 cm³/mol. The Bertz CT molecular complexity index is 652. The van der Waals surface area contributed by atoms with Crippen LogP contribution in [0.2, 0.25) is 5.02 Å². The van der Waals surface area contributed by atoms with E-state index in [2.05, 4.69) is 14.1 Å². The van der Waals surface area contributed by atoms with Crippen molar-refractivity contribution in [2.75, 3.05) is 19.4 Å². The van der Waals surface area contributed by atoms with Crippen LogP contribution in [0.1, 0.15) is 17.5 Å². The largest absolute Gasteiger partial charge is 0.388 e. The molecule has 0 spiro atoms. The topological polar surface area (TPSA) is 32.7 Å². The van der Waals surface area contributed by atoms with Crippen LogP contribution in [0.5, 0.6) is 0 Å². The summed E-state index contributed by atoms with van der Waals surface area (Å²) in [7, 11) is 2.72. The molecule has 0 saturated carbocycles. The molecule has 3 rings (SSSR count). The highest BCUT2D eigenvalue weighted by molar-refractivity contribution is 7.16. The normalized spacial score (nSPS) is 24.9. The fourth-order valence-corrected chi connectivity index (χ4v) is 3.70. The maximum Gasteiger partial charge on any atom is 0.122 e. The van der Waals surface area contributed by atoms with Crippen molar-refractivity contribution in [1.82, 2.24) is 4.90 Å². The summed E-state index contributed by atoms with van der Waals surface area (Å²) in [5.41, 5.74) is 1.39. The third kappa shape index (κ3) is 3.82. The van der Waals surface area contributed by atoms with Gasteiger partial charge in [-0.05, 0) is 29.7 Å². The van der Waals surface area contributed by atoms with Crippen LogP contribution in [0.25, 0.3) is 0 Å². The molecule has 0 amide bonds. The number of β-amino-alcohol motifs (C(OH)–C–C–N with tert-alkyl or cyclic N) is 1. The fourth-order valence-electron chi connectivity index (χ4n) is 3.25. The maximum atomic E-state index is 10.9. The quantitative estimate of drug-likeness (QED) is 0.823. The van der Waals surface area contributed by atoms with Crippen molar-refractivity contribution >= 4 is 20.8 Å². The Morgan fingerprint density at radius 1 is 1.17 bits per heavy atom.